The van der Waals surface area contributed by atoms with Crippen molar-refractivity contribution >= 4 is 11.8 Å². The highest BCUT2D eigenvalue weighted by molar-refractivity contribution is 5.95. The second-order valence-corrected chi connectivity index (χ2v) is 3.10. The molecule has 1 fully saturated rings. The molecular formula is C8H12N4O2. The molecule has 0 spiro atoms. The highest BCUT2D eigenvalue weighted by atomic mass is 16.2. The normalized spacial score (nSPS) is 17.6. The molecule has 0 aromatic rings. The third-order valence-corrected chi connectivity index (χ3v) is 2.12. The van der Waals surface area contributed by atoms with Gasteiger partial charge in [0.25, 0.3) is 0 Å². The van der Waals surface area contributed by atoms with Crippen molar-refractivity contribution in [2.45, 2.75) is 25.7 Å². The van der Waals surface area contributed by atoms with Gasteiger partial charge in [0.05, 0.1) is 0 Å². The fourth-order valence-corrected chi connectivity index (χ4v) is 1.40. The van der Waals surface area contributed by atoms with E-state index in [-0.39, 0.29) is 24.9 Å². The van der Waals surface area contributed by atoms with Crippen LogP contribution < -0.4 is 0 Å². The molecule has 6 heteroatoms. The van der Waals surface area contributed by atoms with E-state index in [1.165, 1.54) is 4.90 Å². The molecule has 0 aromatic carbocycles. The van der Waals surface area contributed by atoms with Crippen molar-refractivity contribution < 1.29 is 9.59 Å². The maximum Gasteiger partial charge on any atom is 0.229 e. The molecule has 6 nitrogen and oxygen atoms in total. The van der Waals surface area contributed by atoms with E-state index in [0.717, 1.165) is 12.8 Å². The number of hydrogen-bond acceptors (Lipinski definition) is 3. The van der Waals surface area contributed by atoms with Crippen LogP contribution in [0.2, 0.25) is 0 Å². The maximum absolute atomic E-state index is 11.4. The van der Waals surface area contributed by atoms with Gasteiger partial charge in [-0.2, -0.15) is 0 Å². The summed E-state index contributed by atoms with van der Waals surface area (Å²) in [5, 5.41) is 3.30. The number of nitrogens with zero attached hydrogens (tertiary/aromatic N) is 4. The molecule has 0 N–H and O–H groups in total. The molecule has 1 aliphatic heterocycles. The van der Waals surface area contributed by atoms with Gasteiger partial charge in [-0.1, -0.05) is 5.11 Å². The van der Waals surface area contributed by atoms with Gasteiger partial charge in [0, 0.05) is 30.8 Å². The van der Waals surface area contributed by atoms with Gasteiger partial charge >= 0.3 is 0 Å². The molecular weight excluding hydrogens is 184 g/mol. The molecule has 14 heavy (non-hydrogen) atoms. The first-order valence-corrected chi connectivity index (χ1v) is 4.60. The van der Waals surface area contributed by atoms with Crippen LogP contribution in [0.4, 0.5) is 0 Å². The number of azide groups is 1. The summed E-state index contributed by atoms with van der Waals surface area (Å²) in [4.78, 5) is 26.5. The van der Waals surface area contributed by atoms with Gasteiger partial charge in [0.15, 0.2) is 0 Å². The molecule has 0 saturated carbocycles. The molecule has 1 saturated heterocycles. The Bertz CT molecular complexity index is 265. The van der Waals surface area contributed by atoms with Gasteiger partial charge in [-0.3, -0.25) is 14.5 Å². The summed E-state index contributed by atoms with van der Waals surface area (Å²) < 4.78 is 0. The van der Waals surface area contributed by atoms with Crippen LogP contribution in [0.25, 0.3) is 10.4 Å². The molecule has 0 unspecified atom stereocenters. The predicted molar refractivity (Wildman–Crippen MR) is 49.2 cm³/mol. The van der Waals surface area contributed by atoms with Crippen LogP contribution in [0, 0.1) is 0 Å². The third kappa shape index (κ3) is 2.74. The van der Waals surface area contributed by atoms with E-state index in [4.69, 9.17) is 5.53 Å². The lowest BCUT2D eigenvalue weighted by Crippen LogP contribution is -2.36. The Morgan fingerprint density at radius 3 is 2.36 bits per heavy atom. The molecule has 0 bridgehead atoms. The fourth-order valence-electron chi connectivity index (χ4n) is 1.40. The summed E-state index contributed by atoms with van der Waals surface area (Å²) >= 11 is 0. The number of likely N-dealkylation sites (tertiary alicyclic amines) is 1. The van der Waals surface area contributed by atoms with Gasteiger partial charge in [0.2, 0.25) is 11.8 Å². The molecule has 0 radical (unpaired) electrons. The topological polar surface area (TPSA) is 86.1 Å². The van der Waals surface area contributed by atoms with Crippen LogP contribution in [0.3, 0.4) is 0 Å². The summed E-state index contributed by atoms with van der Waals surface area (Å²) in [6.07, 6.45) is 2.37. The monoisotopic (exact) mass is 196 g/mol. The number of hydrogen-bond donors (Lipinski definition) is 0. The summed E-state index contributed by atoms with van der Waals surface area (Å²) in [6, 6.07) is 0. The van der Waals surface area contributed by atoms with Crippen molar-refractivity contribution in [2.75, 3.05) is 13.1 Å². The Morgan fingerprint density at radius 2 is 1.86 bits per heavy atom. The zero-order chi connectivity index (χ0) is 10.4. The SMILES string of the molecule is [N-]=[N+]=NCCN1C(=O)CCCCC1=O. The smallest absolute Gasteiger partial charge is 0.229 e. The van der Waals surface area contributed by atoms with E-state index in [9.17, 15) is 9.59 Å². The standard InChI is InChI=1S/C8H12N4O2/c9-11-10-5-6-12-7(13)3-1-2-4-8(12)14/h1-6H2. The number of amides is 2. The van der Waals surface area contributed by atoms with E-state index in [1.54, 1.807) is 0 Å². The lowest BCUT2D eigenvalue weighted by atomic mass is 10.2. The highest BCUT2D eigenvalue weighted by Gasteiger charge is 2.22. The van der Waals surface area contributed by atoms with E-state index in [2.05, 4.69) is 10.0 Å². The predicted octanol–water partition coefficient (Wildman–Crippen LogP) is 1.23. The number of rotatable bonds is 3. The average molecular weight is 196 g/mol. The van der Waals surface area contributed by atoms with E-state index >= 15 is 0 Å². The molecule has 76 valence electrons. The first kappa shape index (κ1) is 10.5. The van der Waals surface area contributed by atoms with E-state index in [0.29, 0.717) is 12.8 Å². The second kappa shape index (κ2) is 5.24. The molecule has 0 atom stereocenters. The molecule has 2 amide bonds. The van der Waals surface area contributed by atoms with Crippen molar-refractivity contribution in [1.82, 2.24) is 4.90 Å². The van der Waals surface area contributed by atoms with Gasteiger partial charge < -0.3 is 0 Å². The van der Waals surface area contributed by atoms with Crippen molar-refractivity contribution in [3.8, 4) is 0 Å². The van der Waals surface area contributed by atoms with Crippen molar-refractivity contribution in [3.05, 3.63) is 10.4 Å². The Kier molecular flexibility index (Phi) is 3.94. The minimum Gasteiger partial charge on any atom is -0.283 e. The van der Waals surface area contributed by atoms with Crippen molar-refractivity contribution in [3.63, 3.8) is 0 Å². The summed E-state index contributed by atoms with van der Waals surface area (Å²) in [6.45, 7) is 0.371. The largest absolute Gasteiger partial charge is 0.283 e. The molecule has 1 heterocycles. The number of imide groups is 1. The van der Waals surface area contributed by atoms with Crippen LogP contribution >= 0.6 is 0 Å². The van der Waals surface area contributed by atoms with E-state index < -0.39 is 0 Å². The maximum atomic E-state index is 11.4. The van der Waals surface area contributed by atoms with Crippen molar-refractivity contribution in [1.29, 1.82) is 0 Å². The summed E-state index contributed by atoms with van der Waals surface area (Å²) in [5.41, 5.74) is 8.05. The third-order valence-electron chi connectivity index (χ3n) is 2.12. The molecule has 0 aliphatic carbocycles. The van der Waals surface area contributed by atoms with Crippen molar-refractivity contribution in [2.24, 2.45) is 5.11 Å². The van der Waals surface area contributed by atoms with Crippen LogP contribution in [-0.2, 0) is 9.59 Å². The number of carbonyl (C=O) groups excluding carboxylic acids is 2. The lowest BCUT2D eigenvalue weighted by Gasteiger charge is -2.16. The minimum atomic E-state index is -0.152. The summed E-state index contributed by atoms with van der Waals surface area (Å²) in [7, 11) is 0. The van der Waals surface area contributed by atoms with Gasteiger partial charge in [0.1, 0.15) is 0 Å². The quantitative estimate of drug-likeness (QED) is 0.294. The van der Waals surface area contributed by atoms with Crippen LogP contribution in [-0.4, -0.2) is 29.8 Å². The number of carbonyl (C=O) groups is 2. The molecule has 0 aromatic heterocycles. The van der Waals surface area contributed by atoms with Crippen LogP contribution in [0.5, 0.6) is 0 Å². The Morgan fingerprint density at radius 1 is 1.29 bits per heavy atom. The van der Waals surface area contributed by atoms with Gasteiger partial charge in [-0.25, -0.2) is 0 Å². The first-order valence-electron chi connectivity index (χ1n) is 4.60. The van der Waals surface area contributed by atoms with Gasteiger partial charge in [-0.15, -0.1) is 0 Å². The summed E-state index contributed by atoms with van der Waals surface area (Å²) in [5.74, 6) is -0.304. The Labute approximate surface area is 81.5 Å². The Hall–Kier alpha value is -1.55. The fraction of sp³-hybridized carbons (Fsp3) is 0.750. The molecule has 1 aliphatic rings. The molecule has 1 rings (SSSR count). The zero-order valence-electron chi connectivity index (χ0n) is 7.85. The lowest BCUT2D eigenvalue weighted by molar-refractivity contribution is -0.143. The highest BCUT2D eigenvalue weighted by Crippen LogP contribution is 2.11. The van der Waals surface area contributed by atoms with Crippen LogP contribution in [0.1, 0.15) is 25.7 Å². The van der Waals surface area contributed by atoms with Crippen LogP contribution in [0.15, 0.2) is 5.11 Å². The minimum absolute atomic E-state index is 0.152. The van der Waals surface area contributed by atoms with Gasteiger partial charge in [-0.05, 0) is 18.4 Å². The zero-order valence-corrected chi connectivity index (χ0v) is 7.85. The van der Waals surface area contributed by atoms with E-state index in [1.807, 2.05) is 0 Å². The average Bonchev–Trinajstić information content (AvgIpc) is 2.32. The second-order valence-electron chi connectivity index (χ2n) is 3.10. The first-order chi connectivity index (χ1) is 6.75. The Balaban J connectivity index is 2.56.